The summed E-state index contributed by atoms with van der Waals surface area (Å²) in [5.41, 5.74) is 0.0890. The van der Waals surface area contributed by atoms with E-state index in [1.807, 2.05) is 19.9 Å². The van der Waals surface area contributed by atoms with E-state index < -0.39 is 5.60 Å². The number of phenols is 1. The summed E-state index contributed by atoms with van der Waals surface area (Å²) >= 11 is 0. The lowest BCUT2D eigenvalue weighted by molar-refractivity contribution is 0.158. The highest BCUT2D eigenvalue weighted by molar-refractivity contribution is 5.97. The van der Waals surface area contributed by atoms with Crippen molar-refractivity contribution in [3.05, 3.63) is 40.1 Å². The predicted octanol–water partition coefficient (Wildman–Crippen LogP) is 4.00. The average Bonchev–Trinajstić information content (AvgIpc) is 3.54. The van der Waals surface area contributed by atoms with Crippen LogP contribution in [0.15, 0.2) is 33.5 Å². The number of fused-ring (bicyclic) bond motifs is 3. The van der Waals surface area contributed by atoms with Crippen molar-refractivity contribution in [2.75, 3.05) is 19.8 Å². The second kappa shape index (κ2) is 7.20. The smallest absolute Gasteiger partial charge is 0.204 e. The Kier molecular flexibility index (Phi) is 4.59. The molecule has 2 heterocycles. The molecule has 7 nitrogen and oxygen atoms in total. The van der Waals surface area contributed by atoms with Crippen molar-refractivity contribution in [2.45, 2.75) is 32.3 Å². The van der Waals surface area contributed by atoms with Crippen LogP contribution in [0.1, 0.15) is 32.3 Å². The van der Waals surface area contributed by atoms with E-state index in [1.54, 1.807) is 24.3 Å². The molecule has 3 aromatic rings. The van der Waals surface area contributed by atoms with Gasteiger partial charge in [-0.1, -0.05) is 0 Å². The molecule has 7 heteroatoms. The van der Waals surface area contributed by atoms with Gasteiger partial charge in [0.25, 0.3) is 0 Å². The first-order valence-corrected chi connectivity index (χ1v) is 10.4. The molecule has 2 aliphatic rings. The summed E-state index contributed by atoms with van der Waals surface area (Å²) in [5, 5.41) is 20.3. The first-order valence-electron chi connectivity index (χ1n) is 10.4. The van der Waals surface area contributed by atoms with Gasteiger partial charge >= 0.3 is 0 Å². The summed E-state index contributed by atoms with van der Waals surface area (Å²) < 4.78 is 23.5. The fourth-order valence-corrected chi connectivity index (χ4v) is 3.71. The summed E-state index contributed by atoms with van der Waals surface area (Å²) in [6, 6.07) is 4.82. The summed E-state index contributed by atoms with van der Waals surface area (Å²) in [6.07, 6.45) is 5.85. The largest absolute Gasteiger partial charge is 0.506 e. The molecule has 0 amide bonds. The van der Waals surface area contributed by atoms with Gasteiger partial charge in [0.1, 0.15) is 40.3 Å². The highest BCUT2D eigenvalue weighted by atomic mass is 16.5. The van der Waals surface area contributed by atoms with Crippen LogP contribution in [-0.2, 0) is 0 Å². The normalized spacial score (nSPS) is 16.9. The Labute approximate surface area is 178 Å². The van der Waals surface area contributed by atoms with Crippen molar-refractivity contribution in [1.82, 2.24) is 0 Å². The van der Waals surface area contributed by atoms with Gasteiger partial charge < -0.3 is 28.8 Å². The Bertz CT molecular complexity index is 1260. The number of benzene rings is 2. The number of ether oxygens (including phenoxy) is 3. The van der Waals surface area contributed by atoms with Crippen LogP contribution in [0.3, 0.4) is 0 Å². The van der Waals surface area contributed by atoms with Crippen LogP contribution in [-0.4, -0.2) is 35.6 Å². The van der Waals surface area contributed by atoms with Crippen molar-refractivity contribution in [1.29, 1.82) is 0 Å². The summed E-state index contributed by atoms with van der Waals surface area (Å²) in [7, 11) is 0. The van der Waals surface area contributed by atoms with Crippen molar-refractivity contribution < 1.29 is 28.8 Å². The second-order valence-electron chi connectivity index (χ2n) is 8.60. The summed E-state index contributed by atoms with van der Waals surface area (Å²) in [5.74, 6) is 1.62. The minimum atomic E-state index is -0.535. The van der Waals surface area contributed by atoms with Gasteiger partial charge in [-0.15, -0.1) is 0 Å². The molecule has 0 radical (unpaired) electrons. The maximum absolute atomic E-state index is 13.3. The molecule has 0 atom stereocenters. The molecule has 31 heavy (non-hydrogen) atoms. The lowest BCUT2D eigenvalue weighted by Gasteiger charge is -2.28. The van der Waals surface area contributed by atoms with Gasteiger partial charge in [-0.05, 0) is 50.8 Å². The Morgan fingerprint density at radius 2 is 1.90 bits per heavy atom. The number of aliphatic hydroxyl groups excluding tert-OH is 1. The lowest BCUT2D eigenvalue weighted by atomic mass is 9.99. The molecule has 162 valence electrons. The van der Waals surface area contributed by atoms with Crippen molar-refractivity contribution >= 4 is 28.0 Å². The average molecular weight is 424 g/mol. The summed E-state index contributed by atoms with van der Waals surface area (Å²) in [6.45, 7) is 4.27. The van der Waals surface area contributed by atoms with Gasteiger partial charge in [0.15, 0.2) is 11.5 Å². The number of hydrogen-bond acceptors (Lipinski definition) is 7. The molecule has 1 saturated carbocycles. The minimum absolute atomic E-state index is 0.0703. The molecule has 2 aromatic carbocycles. The van der Waals surface area contributed by atoms with E-state index in [0.717, 1.165) is 12.8 Å². The molecule has 0 bridgehead atoms. The van der Waals surface area contributed by atoms with Crippen LogP contribution in [0.5, 0.6) is 23.0 Å². The molecule has 1 fully saturated rings. The predicted molar refractivity (Wildman–Crippen MR) is 116 cm³/mol. The monoisotopic (exact) mass is 424 g/mol. The number of aromatic hydroxyl groups is 1. The molecular weight excluding hydrogens is 400 g/mol. The highest BCUT2D eigenvalue weighted by Crippen LogP contribution is 2.42. The maximum Gasteiger partial charge on any atom is 0.204 e. The fourth-order valence-electron chi connectivity index (χ4n) is 3.71. The van der Waals surface area contributed by atoms with E-state index in [1.165, 1.54) is 0 Å². The number of rotatable bonds is 6. The number of hydrogen-bond donors (Lipinski definition) is 2. The molecule has 1 aromatic heterocycles. The molecule has 1 aliphatic heterocycles. The highest BCUT2D eigenvalue weighted by Gasteiger charge is 2.27. The van der Waals surface area contributed by atoms with Crippen LogP contribution in [0, 0.1) is 5.92 Å². The fraction of sp³-hybridized carbons (Fsp3) is 0.375. The molecule has 0 saturated heterocycles. The van der Waals surface area contributed by atoms with Crippen molar-refractivity contribution in [2.24, 2.45) is 5.92 Å². The zero-order valence-corrected chi connectivity index (χ0v) is 17.4. The molecular formula is C24H24O7. The van der Waals surface area contributed by atoms with Gasteiger partial charge in [0.2, 0.25) is 5.43 Å². The number of phenolic OH excluding ortho intramolecular Hbond substituents is 1. The first kappa shape index (κ1) is 19.8. The van der Waals surface area contributed by atoms with E-state index >= 15 is 0 Å². The second-order valence-corrected chi connectivity index (χ2v) is 8.60. The maximum atomic E-state index is 13.3. The van der Waals surface area contributed by atoms with Crippen LogP contribution in [0.2, 0.25) is 0 Å². The van der Waals surface area contributed by atoms with E-state index in [4.69, 9.17) is 23.7 Å². The third-order valence-electron chi connectivity index (χ3n) is 5.55. The van der Waals surface area contributed by atoms with Crippen LogP contribution < -0.4 is 19.6 Å². The standard InChI is InChI=1S/C24H24O7/c1-24(2)6-5-14-17(31-24)11-20-21(22(14)26)23(27)15-9-18(28-8-7-25)19(10-16(15)30-20)29-12-13-3-4-13/h5-6,9-11,13,25-26H,3-4,7-8,12H2,1-2H3. The summed E-state index contributed by atoms with van der Waals surface area (Å²) in [4.78, 5) is 13.3. The Morgan fingerprint density at radius 3 is 2.65 bits per heavy atom. The van der Waals surface area contributed by atoms with E-state index in [-0.39, 0.29) is 40.7 Å². The minimum Gasteiger partial charge on any atom is -0.506 e. The van der Waals surface area contributed by atoms with E-state index in [2.05, 4.69) is 0 Å². The zero-order chi connectivity index (χ0) is 21.8. The SMILES string of the molecule is CC1(C)C=Cc2c(cc3oc4cc(OCC5CC5)c(OCCO)cc4c(=O)c3c2O)O1. The van der Waals surface area contributed by atoms with E-state index in [9.17, 15) is 9.90 Å². The van der Waals surface area contributed by atoms with Crippen LogP contribution >= 0.6 is 0 Å². The van der Waals surface area contributed by atoms with Gasteiger partial charge in [-0.2, -0.15) is 0 Å². The van der Waals surface area contributed by atoms with Gasteiger partial charge in [-0.25, -0.2) is 0 Å². The van der Waals surface area contributed by atoms with Gasteiger partial charge in [0, 0.05) is 12.1 Å². The topological polar surface area (TPSA) is 98.4 Å². The Hall–Kier alpha value is -3.19. The van der Waals surface area contributed by atoms with Crippen molar-refractivity contribution in [3.8, 4) is 23.0 Å². The Morgan fingerprint density at radius 1 is 1.13 bits per heavy atom. The molecule has 5 rings (SSSR count). The van der Waals surface area contributed by atoms with Gasteiger partial charge in [-0.3, -0.25) is 4.79 Å². The lowest BCUT2D eigenvalue weighted by Crippen LogP contribution is -2.27. The van der Waals surface area contributed by atoms with Crippen LogP contribution in [0.25, 0.3) is 28.0 Å². The van der Waals surface area contributed by atoms with Crippen molar-refractivity contribution in [3.63, 3.8) is 0 Å². The number of aliphatic hydroxyl groups is 1. The quantitative estimate of drug-likeness (QED) is 0.577. The zero-order valence-electron chi connectivity index (χ0n) is 17.4. The Balaban J connectivity index is 1.70. The molecule has 1 aliphatic carbocycles. The van der Waals surface area contributed by atoms with E-state index in [0.29, 0.717) is 40.9 Å². The molecule has 0 unspecified atom stereocenters. The third-order valence-corrected chi connectivity index (χ3v) is 5.55. The molecule has 0 spiro atoms. The van der Waals surface area contributed by atoms with Gasteiger partial charge in [0.05, 0.1) is 24.2 Å². The third kappa shape index (κ3) is 3.59. The molecule has 2 N–H and O–H groups in total. The van der Waals surface area contributed by atoms with Crippen LogP contribution in [0.4, 0.5) is 0 Å². The first-order chi connectivity index (χ1) is 14.9.